The number of hydrogen-bond acceptors (Lipinski definition) is 2. The molecule has 1 N–H and O–H groups in total. The second-order valence-electron chi connectivity index (χ2n) is 8.23. The van der Waals surface area contributed by atoms with Crippen LogP contribution in [0.25, 0.3) is 0 Å². The summed E-state index contributed by atoms with van der Waals surface area (Å²) in [5.74, 6) is 0.0752. The second-order valence-corrected chi connectivity index (χ2v) is 8.23. The topological polar surface area (TPSA) is 37.3 Å². The maximum absolute atomic E-state index is 12.0. The van der Waals surface area contributed by atoms with Crippen molar-refractivity contribution < 1.29 is 9.90 Å². The molecule has 0 amide bonds. The summed E-state index contributed by atoms with van der Waals surface area (Å²) in [6, 6.07) is 0. The van der Waals surface area contributed by atoms with E-state index in [2.05, 4.69) is 12.2 Å². The molecule has 0 radical (unpaired) electrons. The average molecular weight is 365 g/mol. The van der Waals surface area contributed by atoms with Crippen molar-refractivity contribution in [3.05, 3.63) is 12.2 Å². The standard InChI is InChI=1S/C24H44O2/c25-23-21-19-17-15-13-11-9-7-5-3-1-2-4-6-8-10-12-14-16-18-20-22-24(23)26/h1,3,24,26H,2,4-22H2. The Kier molecular flexibility index (Phi) is 16.0. The first kappa shape index (κ1) is 23.4. The van der Waals surface area contributed by atoms with Crippen LogP contribution in [0.5, 0.6) is 0 Å². The predicted octanol–water partition coefficient (Wildman–Crippen LogP) is 7.29. The highest BCUT2D eigenvalue weighted by atomic mass is 16.3. The summed E-state index contributed by atoms with van der Waals surface area (Å²) in [6.07, 6.45) is 28.0. The fraction of sp³-hybridized carbons (Fsp3) is 0.875. The van der Waals surface area contributed by atoms with Gasteiger partial charge in [-0.05, 0) is 38.5 Å². The third-order valence-corrected chi connectivity index (χ3v) is 5.68. The summed E-state index contributed by atoms with van der Waals surface area (Å²) in [5.41, 5.74) is 0. The Labute approximate surface area is 162 Å². The lowest BCUT2D eigenvalue weighted by Gasteiger charge is -2.09. The van der Waals surface area contributed by atoms with Gasteiger partial charge in [0, 0.05) is 6.42 Å². The van der Waals surface area contributed by atoms with E-state index in [1.54, 1.807) is 0 Å². The smallest absolute Gasteiger partial charge is 0.161 e. The summed E-state index contributed by atoms with van der Waals surface area (Å²) < 4.78 is 0. The van der Waals surface area contributed by atoms with E-state index in [0.717, 1.165) is 25.7 Å². The molecule has 152 valence electrons. The molecule has 0 saturated carbocycles. The first-order valence-electron chi connectivity index (χ1n) is 11.7. The second kappa shape index (κ2) is 17.8. The van der Waals surface area contributed by atoms with Crippen LogP contribution in [0.1, 0.15) is 128 Å². The van der Waals surface area contributed by atoms with Gasteiger partial charge in [-0.1, -0.05) is 95.6 Å². The molecule has 0 aromatic rings. The molecule has 0 spiro atoms. The van der Waals surface area contributed by atoms with Gasteiger partial charge in [0.2, 0.25) is 0 Å². The number of allylic oxidation sites excluding steroid dienone is 2. The van der Waals surface area contributed by atoms with E-state index >= 15 is 0 Å². The van der Waals surface area contributed by atoms with Gasteiger partial charge in [-0.25, -0.2) is 0 Å². The van der Waals surface area contributed by atoms with Gasteiger partial charge >= 0.3 is 0 Å². The molecule has 1 atom stereocenters. The molecule has 0 bridgehead atoms. The van der Waals surface area contributed by atoms with Gasteiger partial charge in [-0.15, -0.1) is 0 Å². The van der Waals surface area contributed by atoms with Gasteiger partial charge in [-0.2, -0.15) is 0 Å². The average Bonchev–Trinajstić information content (AvgIpc) is 2.64. The fourth-order valence-electron chi connectivity index (χ4n) is 3.85. The van der Waals surface area contributed by atoms with E-state index in [-0.39, 0.29) is 5.78 Å². The Morgan fingerprint density at radius 1 is 0.577 bits per heavy atom. The Hall–Kier alpha value is -0.630. The molecule has 1 unspecified atom stereocenters. The van der Waals surface area contributed by atoms with Crippen LogP contribution in [-0.4, -0.2) is 17.0 Å². The number of aliphatic hydroxyl groups is 1. The van der Waals surface area contributed by atoms with Crippen molar-refractivity contribution in [3.63, 3.8) is 0 Å². The summed E-state index contributed by atoms with van der Waals surface area (Å²) in [5, 5.41) is 9.99. The highest BCUT2D eigenvalue weighted by Crippen LogP contribution is 2.15. The van der Waals surface area contributed by atoms with Crippen molar-refractivity contribution in [2.75, 3.05) is 0 Å². The zero-order chi connectivity index (χ0) is 18.7. The minimum Gasteiger partial charge on any atom is -0.385 e. The molecule has 0 heterocycles. The molecule has 1 rings (SSSR count). The van der Waals surface area contributed by atoms with E-state index in [1.165, 1.54) is 89.9 Å². The molecule has 2 nitrogen and oxygen atoms in total. The molecule has 0 aliphatic heterocycles. The largest absolute Gasteiger partial charge is 0.385 e. The summed E-state index contributed by atoms with van der Waals surface area (Å²) >= 11 is 0. The Balaban J connectivity index is 2.19. The molecule has 0 saturated heterocycles. The lowest BCUT2D eigenvalue weighted by molar-refractivity contribution is -0.127. The normalized spacial score (nSPS) is 25.4. The van der Waals surface area contributed by atoms with Gasteiger partial charge in [0.25, 0.3) is 0 Å². The highest BCUT2D eigenvalue weighted by Gasteiger charge is 2.13. The molecular weight excluding hydrogens is 320 g/mol. The summed E-state index contributed by atoms with van der Waals surface area (Å²) in [7, 11) is 0. The minimum atomic E-state index is -0.700. The van der Waals surface area contributed by atoms with Crippen molar-refractivity contribution in [2.24, 2.45) is 0 Å². The summed E-state index contributed by atoms with van der Waals surface area (Å²) in [4.78, 5) is 12.0. The Morgan fingerprint density at radius 3 is 1.46 bits per heavy atom. The zero-order valence-electron chi connectivity index (χ0n) is 17.2. The number of carbonyl (C=O) groups is 1. The first-order chi connectivity index (χ1) is 12.8. The van der Waals surface area contributed by atoms with Crippen molar-refractivity contribution in [1.29, 1.82) is 0 Å². The molecule has 26 heavy (non-hydrogen) atoms. The molecule has 2 heteroatoms. The van der Waals surface area contributed by atoms with Crippen LogP contribution < -0.4 is 0 Å². The van der Waals surface area contributed by atoms with Crippen LogP contribution in [0.2, 0.25) is 0 Å². The molecule has 0 aromatic heterocycles. The minimum absolute atomic E-state index is 0.0752. The van der Waals surface area contributed by atoms with Crippen molar-refractivity contribution >= 4 is 5.78 Å². The van der Waals surface area contributed by atoms with E-state index in [1.807, 2.05) is 0 Å². The van der Waals surface area contributed by atoms with Crippen LogP contribution in [0.4, 0.5) is 0 Å². The van der Waals surface area contributed by atoms with E-state index < -0.39 is 6.10 Å². The lowest BCUT2D eigenvalue weighted by Crippen LogP contribution is -2.19. The fourth-order valence-corrected chi connectivity index (χ4v) is 3.85. The van der Waals surface area contributed by atoms with Crippen LogP contribution in [0.3, 0.4) is 0 Å². The molecular formula is C24H44O2. The number of aliphatic hydroxyl groups excluding tert-OH is 1. The van der Waals surface area contributed by atoms with Crippen LogP contribution in [0.15, 0.2) is 12.2 Å². The number of ketones is 1. The van der Waals surface area contributed by atoms with Crippen LogP contribution in [-0.2, 0) is 4.79 Å². The molecule has 0 fully saturated rings. The van der Waals surface area contributed by atoms with Gasteiger partial charge in [-0.3, -0.25) is 4.79 Å². The monoisotopic (exact) mass is 364 g/mol. The van der Waals surface area contributed by atoms with Gasteiger partial charge in [0.15, 0.2) is 5.78 Å². The van der Waals surface area contributed by atoms with Gasteiger partial charge in [0.05, 0.1) is 0 Å². The van der Waals surface area contributed by atoms with E-state index in [0.29, 0.717) is 12.8 Å². The van der Waals surface area contributed by atoms with Crippen LogP contribution in [0, 0.1) is 0 Å². The predicted molar refractivity (Wildman–Crippen MR) is 112 cm³/mol. The first-order valence-corrected chi connectivity index (χ1v) is 11.7. The van der Waals surface area contributed by atoms with Crippen molar-refractivity contribution in [1.82, 2.24) is 0 Å². The number of hydrogen-bond donors (Lipinski definition) is 1. The van der Waals surface area contributed by atoms with E-state index in [4.69, 9.17) is 0 Å². The zero-order valence-corrected chi connectivity index (χ0v) is 17.2. The van der Waals surface area contributed by atoms with E-state index in [9.17, 15) is 9.90 Å². The van der Waals surface area contributed by atoms with Gasteiger partial charge in [0.1, 0.15) is 6.10 Å². The molecule has 1 aliphatic rings. The Bertz CT molecular complexity index is 348. The maximum Gasteiger partial charge on any atom is 0.161 e. The third-order valence-electron chi connectivity index (χ3n) is 5.68. The number of Topliss-reactive ketones (excluding diaryl/α,β-unsaturated/α-hetero) is 1. The van der Waals surface area contributed by atoms with Gasteiger partial charge < -0.3 is 5.11 Å². The molecule has 0 aromatic carbocycles. The summed E-state index contributed by atoms with van der Waals surface area (Å²) in [6.45, 7) is 0. The SMILES string of the molecule is O=C1CCCCCCCCCC=CCCCCCCCCCCCC1O. The Morgan fingerprint density at radius 2 is 0.962 bits per heavy atom. The number of carbonyl (C=O) groups excluding carboxylic acids is 1. The quantitative estimate of drug-likeness (QED) is 0.458. The molecule has 1 aliphatic carbocycles. The lowest BCUT2D eigenvalue weighted by atomic mass is 10.00. The van der Waals surface area contributed by atoms with Crippen molar-refractivity contribution in [3.8, 4) is 0 Å². The van der Waals surface area contributed by atoms with Crippen LogP contribution >= 0.6 is 0 Å². The third kappa shape index (κ3) is 14.5. The number of rotatable bonds is 0. The highest BCUT2D eigenvalue weighted by molar-refractivity contribution is 5.82. The van der Waals surface area contributed by atoms with Crippen molar-refractivity contribution in [2.45, 2.75) is 135 Å². The maximum atomic E-state index is 12.0.